The van der Waals surface area contributed by atoms with E-state index in [1.165, 1.54) is 7.11 Å². The molecule has 0 radical (unpaired) electrons. The van der Waals surface area contributed by atoms with Gasteiger partial charge in [-0.05, 0) is 31.2 Å². The van der Waals surface area contributed by atoms with Gasteiger partial charge < -0.3 is 19.3 Å². The molecule has 5 rings (SSSR count). The average Bonchev–Trinajstić information content (AvgIpc) is 3.39. The number of hydrogen-bond acceptors (Lipinski definition) is 8. The van der Waals surface area contributed by atoms with E-state index in [9.17, 15) is 10.1 Å². The van der Waals surface area contributed by atoms with Crippen LogP contribution in [-0.2, 0) is 4.79 Å². The third kappa shape index (κ3) is 5.06. The van der Waals surface area contributed by atoms with Gasteiger partial charge in [0.1, 0.15) is 17.6 Å². The second kappa shape index (κ2) is 10.9. The molecule has 4 aromatic heterocycles. The highest BCUT2D eigenvalue weighted by Gasteiger charge is 2.21. The van der Waals surface area contributed by atoms with E-state index in [0.717, 1.165) is 16.9 Å². The lowest BCUT2D eigenvalue weighted by Crippen LogP contribution is -2.48. The lowest BCUT2D eigenvalue weighted by Gasteiger charge is -2.34. The molecule has 0 bridgehead atoms. The Hall–Kier alpha value is -5.09. The van der Waals surface area contributed by atoms with E-state index in [-0.39, 0.29) is 5.91 Å². The Kier molecular flexibility index (Phi) is 7.05. The minimum Gasteiger partial charge on any atom is -0.492 e. The van der Waals surface area contributed by atoms with Crippen molar-refractivity contribution in [3.8, 4) is 40.7 Å². The molecule has 1 amide bonds. The summed E-state index contributed by atoms with van der Waals surface area (Å²) in [6.45, 7) is 4.83. The van der Waals surface area contributed by atoms with Crippen molar-refractivity contribution in [2.24, 2.45) is 0 Å². The van der Waals surface area contributed by atoms with Crippen molar-refractivity contribution in [2.45, 2.75) is 6.92 Å². The van der Waals surface area contributed by atoms with Crippen molar-refractivity contribution in [3.63, 3.8) is 0 Å². The second-order valence-corrected chi connectivity index (χ2v) is 8.51. The number of nitriles is 1. The quantitative estimate of drug-likeness (QED) is 0.380. The summed E-state index contributed by atoms with van der Waals surface area (Å²) >= 11 is 0. The molecule has 0 aromatic carbocycles. The summed E-state index contributed by atoms with van der Waals surface area (Å²) in [7, 11) is 1.54. The fourth-order valence-corrected chi connectivity index (χ4v) is 4.32. The van der Waals surface area contributed by atoms with E-state index in [2.05, 4.69) is 37.9 Å². The van der Waals surface area contributed by atoms with Crippen molar-refractivity contribution in [2.75, 3.05) is 44.8 Å². The van der Waals surface area contributed by atoms with Crippen LogP contribution in [0.15, 0.2) is 55.1 Å². The number of piperazine rings is 1. The fraction of sp³-hybridized carbons (Fsp3) is 0.250. The van der Waals surface area contributed by atoms with Gasteiger partial charge in [0, 0.05) is 67.2 Å². The Morgan fingerprint density at radius 3 is 2.66 bits per heavy atom. The van der Waals surface area contributed by atoms with Crippen molar-refractivity contribution in [3.05, 3.63) is 66.2 Å². The molecule has 10 nitrogen and oxygen atoms in total. The fourth-order valence-electron chi connectivity index (χ4n) is 4.32. The number of rotatable bonds is 5. The van der Waals surface area contributed by atoms with Gasteiger partial charge in [0.05, 0.1) is 37.2 Å². The zero-order chi connectivity index (χ0) is 26.5. The summed E-state index contributed by atoms with van der Waals surface area (Å²) in [4.78, 5) is 25.2. The van der Waals surface area contributed by atoms with Gasteiger partial charge >= 0.3 is 0 Å². The lowest BCUT2D eigenvalue weighted by molar-refractivity contribution is -0.125. The molecule has 4 aromatic rings. The van der Waals surface area contributed by atoms with Crippen molar-refractivity contribution >= 4 is 17.2 Å². The molecule has 1 fully saturated rings. The molecule has 190 valence electrons. The first kappa shape index (κ1) is 24.6. The van der Waals surface area contributed by atoms with Crippen LogP contribution in [0.2, 0.25) is 0 Å². The van der Waals surface area contributed by atoms with E-state index in [1.54, 1.807) is 46.3 Å². The first-order valence-corrected chi connectivity index (χ1v) is 12.2. The van der Waals surface area contributed by atoms with Crippen molar-refractivity contribution in [1.29, 1.82) is 5.26 Å². The van der Waals surface area contributed by atoms with Gasteiger partial charge in [-0.2, -0.15) is 10.4 Å². The standard InChI is InChI=1S/C28H25N7O3/c1-3-38-23-15-24(28-22(16-29)18-32-35(28)19-23)21-5-6-25(31-17-21)33-10-12-34(13-11-33)27(36)7-4-20-8-9-30-26(14-20)37-2/h5-6,8-9,14-15,17-19H,3,10-13H2,1-2H3. The number of ether oxygens (including phenoxy) is 2. The van der Waals surface area contributed by atoms with Crippen LogP contribution in [0.25, 0.3) is 16.6 Å². The molecule has 0 aliphatic carbocycles. The maximum absolute atomic E-state index is 12.6. The molecular weight excluding hydrogens is 482 g/mol. The maximum Gasteiger partial charge on any atom is 0.298 e. The Morgan fingerprint density at radius 1 is 1.11 bits per heavy atom. The average molecular weight is 508 g/mol. The SMILES string of the molecule is CCOc1cc(-c2ccc(N3CCN(C(=O)C#Cc4ccnc(OC)c4)CC3)nc2)c2c(C#N)cnn2c1. The van der Waals surface area contributed by atoms with Gasteiger partial charge in [0.25, 0.3) is 5.91 Å². The van der Waals surface area contributed by atoms with Crippen LogP contribution in [0.1, 0.15) is 18.1 Å². The van der Waals surface area contributed by atoms with Crippen LogP contribution in [0.3, 0.4) is 0 Å². The van der Waals surface area contributed by atoms with Crippen molar-refractivity contribution in [1.82, 2.24) is 24.5 Å². The van der Waals surface area contributed by atoms with Crippen LogP contribution < -0.4 is 14.4 Å². The first-order chi connectivity index (χ1) is 18.6. The molecule has 1 aliphatic rings. The number of carbonyl (C=O) groups excluding carboxylic acids is 1. The predicted molar refractivity (Wildman–Crippen MR) is 141 cm³/mol. The van der Waals surface area contributed by atoms with E-state index in [4.69, 9.17) is 9.47 Å². The van der Waals surface area contributed by atoms with Gasteiger partial charge in [-0.15, -0.1) is 0 Å². The van der Waals surface area contributed by atoms with Gasteiger partial charge in [0.2, 0.25) is 5.88 Å². The number of anilines is 1. The minimum absolute atomic E-state index is 0.212. The summed E-state index contributed by atoms with van der Waals surface area (Å²) in [6, 6.07) is 11.5. The monoisotopic (exact) mass is 507 g/mol. The highest BCUT2D eigenvalue weighted by Crippen LogP contribution is 2.31. The second-order valence-electron chi connectivity index (χ2n) is 8.51. The van der Waals surface area contributed by atoms with Gasteiger partial charge in [0.15, 0.2) is 0 Å². The number of fused-ring (bicyclic) bond motifs is 1. The Morgan fingerprint density at radius 2 is 1.95 bits per heavy atom. The van der Waals surface area contributed by atoms with E-state index in [1.807, 2.05) is 25.1 Å². The Bertz CT molecular complexity index is 1570. The number of nitrogens with zero attached hydrogens (tertiary/aromatic N) is 7. The maximum atomic E-state index is 12.6. The van der Waals surface area contributed by atoms with E-state index >= 15 is 0 Å². The van der Waals surface area contributed by atoms with Crippen LogP contribution in [0.5, 0.6) is 11.6 Å². The lowest BCUT2D eigenvalue weighted by atomic mass is 10.1. The molecule has 5 heterocycles. The Labute approximate surface area is 220 Å². The number of methoxy groups -OCH3 is 1. The third-order valence-corrected chi connectivity index (χ3v) is 6.23. The number of hydrogen-bond donors (Lipinski definition) is 0. The molecule has 1 saturated heterocycles. The molecule has 0 saturated carbocycles. The summed E-state index contributed by atoms with van der Waals surface area (Å²) in [5, 5.41) is 13.9. The smallest absolute Gasteiger partial charge is 0.298 e. The van der Waals surface area contributed by atoms with Crippen molar-refractivity contribution < 1.29 is 14.3 Å². The van der Waals surface area contributed by atoms with E-state index < -0.39 is 0 Å². The summed E-state index contributed by atoms with van der Waals surface area (Å²) < 4.78 is 12.5. The number of aromatic nitrogens is 4. The van der Waals surface area contributed by atoms with Gasteiger partial charge in [-0.25, -0.2) is 14.5 Å². The number of carbonyl (C=O) groups is 1. The molecular formula is C28H25N7O3. The molecule has 0 unspecified atom stereocenters. The highest BCUT2D eigenvalue weighted by molar-refractivity contribution is 5.94. The normalized spacial score (nSPS) is 13.0. The topological polar surface area (TPSA) is 109 Å². The minimum atomic E-state index is -0.212. The number of pyridine rings is 3. The van der Waals surface area contributed by atoms with Crippen LogP contribution in [-0.4, -0.2) is 70.3 Å². The largest absolute Gasteiger partial charge is 0.492 e. The van der Waals surface area contributed by atoms with E-state index in [0.29, 0.717) is 61.1 Å². The first-order valence-electron chi connectivity index (χ1n) is 12.2. The van der Waals surface area contributed by atoms with Gasteiger partial charge in [-0.3, -0.25) is 4.79 Å². The van der Waals surface area contributed by atoms with Crippen LogP contribution in [0.4, 0.5) is 5.82 Å². The zero-order valence-electron chi connectivity index (χ0n) is 21.1. The molecule has 0 atom stereocenters. The van der Waals surface area contributed by atoms with Crippen LogP contribution in [0, 0.1) is 23.2 Å². The molecule has 38 heavy (non-hydrogen) atoms. The molecule has 10 heteroatoms. The molecule has 0 N–H and O–H groups in total. The summed E-state index contributed by atoms with van der Waals surface area (Å²) in [5.74, 6) is 7.34. The molecule has 0 spiro atoms. The predicted octanol–water partition coefficient (Wildman–Crippen LogP) is 2.77. The zero-order valence-corrected chi connectivity index (χ0v) is 21.1. The van der Waals surface area contributed by atoms with Gasteiger partial charge in [-0.1, -0.05) is 5.92 Å². The summed E-state index contributed by atoms with van der Waals surface area (Å²) in [6.07, 6.45) is 6.71. The number of amides is 1. The Balaban J connectivity index is 1.28. The molecule has 1 aliphatic heterocycles. The highest BCUT2D eigenvalue weighted by atomic mass is 16.5. The summed E-state index contributed by atoms with van der Waals surface area (Å²) in [5.41, 5.74) is 3.55. The third-order valence-electron chi connectivity index (χ3n) is 6.23. The van der Waals surface area contributed by atoms with Crippen LogP contribution >= 0.6 is 0 Å².